The summed E-state index contributed by atoms with van der Waals surface area (Å²) in [6.07, 6.45) is 2.27. The molecule has 0 fully saturated rings. The molecule has 0 radical (unpaired) electrons. The lowest BCUT2D eigenvalue weighted by Gasteiger charge is -2.19. The molecule has 1 aromatic rings. The monoisotopic (exact) mass is 250 g/mol. The lowest BCUT2D eigenvalue weighted by Crippen LogP contribution is -2.24. The van der Waals surface area contributed by atoms with Crippen LogP contribution in [0.3, 0.4) is 0 Å². The minimum absolute atomic E-state index is 0.821. The molecule has 3 nitrogen and oxygen atoms in total. The molecular weight excluding hydrogens is 224 g/mol. The standard InChI is InChI=1S/C15H26N2O/c1-3-18-14-8-12-16-11-7-13-17(2)15-9-5-4-6-10-15/h4-6,9-10,16H,3,7-8,11-14H2,1-2H3. The Morgan fingerprint density at radius 3 is 2.56 bits per heavy atom. The molecule has 3 heteroatoms. The first-order valence-electron chi connectivity index (χ1n) is 6.89. The first-order chi connectivity index (χ1) is 8.84. The summed E-state index contributed by atoms with van der Waals surface area (Å²) in [4.78, 5) is 2.29. The fourth-order valence-electron chi connectivity index (χ4n) is 1.82. The van der Waals surface area contributed by atoms with Gasteiger partial charge in [0.1, 0.15) is 0 Å². The molecule has 0 aliphatic carbocycles. The maximum Gasteiger partial charge on any atom is 0.0477 e. The molecule has 1 N–H and O–H groups in total. The Morgan fingerprint density at radius 1 is 1.11 bits per heavy atom. The molecule has 0 spiro atoms. The second kappa shape index (κ2) is 9.92. The Bertz CT molecular complexity index is 290. The normalized spacial score (nSPS) is 10.6. The maximum absolute atomic E-state index is 5.29. The first kappa shape index (κ1) is 15.0. The predicted molar refractivity (Wildman–Crippen MR) is 78.3 cm³/mol. The Kier molecular flexibility index (Phi) is 8.26. The van der Waals surface area contributed by atoms with Gasteiger partial charge >= 0.3 is 0 Å². The molecule has 0 aromatic heterocycles. The Labute approximate surface area is 111 Å². The van der Waals surface area contributed by atoms with Crippen LogP contribution >= 0.6 is 0 Å². The van der Waals surface area contributed by atoms with E-state index < -0.39 is 0 Å². The fourth-order valence-corrected chi connectivity index (χ4v) is 1.82. The van der Waals surface area contributed by atoms with Gasteiger partial charge in [0.05, 0.1) is 0 Å². The van der Waals surface area contributed by atoms with Gasteiger partial charge in [0, 0.05) is 32.5 Å². The van der Waals surface area contributed by atoms with Gasteiger partial charge < -0.3 is 15.0 Å². The number of hydrogen-bond donors (Lipinski definition) is 1. The summed E-state index contributed by atoms with van der Waals surface area (Å²) < 4.78 is 5.29. The van der Waals surface area contributed by atoms with Crippen LogP contribution < -0.4 is 10.2 Å². The zero-order valence-electron chi connectivity index (χ0n) is 11.7. The number of hydrogen-bond acceptors (Lipinski definition) is 3. The van der Waals surface area contributed by atoms with Crippen molar-refractivity contribution in [2.24, 2.45) is 0 Å². The number of nitrogens with one attached hydrogen (secondary N) is 1. The minimum Gasteiger partial charge on any atom is -0.382 e. The highest BCUT2D eigenvalue weighted by Gasteiger charge is 1.98. The second-order valence-corrected chi connectivity index (χ2v) is 4.41. The number of rotatable bonds is 10. The smallest absolute Gasteiger partial charge is 0.0477 e. The number of anilines is 1. The van der Waals surface area contributed by atoms with Crippen LogP contribution in [0.25, 0.3) is 0 Å². The van der Waals surface area contributed by atoms with Gasteiger partial charge in [-0.3, -0.25) is 0 Å². The van der Waals surface area contributed by atoms with Crippen molar-refractivity contribution in [3.05, 3.63) is 30.3 Å². The largest absolute Gasteiger partial charge is 0.382 e. The summed E-state index contributed by atoms with van der Waals surface area (Å²) in [5, 5.41) is 3.44. The molecule has 0 bridgehead atoms. The van der Waals surface area contributed by atoms with E-state index in [2.05, 4.69) is 47.6 Å². The van der Waals surface area contributed by atoms with E-state index in [1.165, 1.54) is 12.1 Å². The van der Waals surface area contributed by atoms with Crippen molar-refractivity contribution >= 4 is 5.69 Å². The first-order valence-corrected chi connectivity index (χ1v) is 6.89. The molecular formula is C15H26N2O. The Hall–Kier alpha value is -1.06. The van der Waals surface area contributed by atoms with Gasteiger partial charge in [0.2, 0.25) is 0 Å². The summed E-state index contributed by atoms with van der Waals surface area (Å²) in [7, 11) is 2.14. The van der Waals surface area contributed by atoms with Crippen LogP contribution in [0.1, 0.15) is 19.8 Å². The van der Waals surface area contributed by atoms with Gasteiger partial charge in [-0.25, -0.2) is 0 Å². The van der Waals surface area contributed by atoms with Gasteiger partial charge in [-0.1, -0.05) is 18.2 Å². The molecule has 0 heterocycles. The van der Waals surface area contributed by atoms with Crippen molar-refractivity contribution in [2.45, 2.75) is 19.8 Å². The number of para-hydroxylation sites is 1. The third-order valence-corrected chi connectivity index (χ3v) is 2.89. The van der Waals surface area contributed by atoms with Crippen molar-refractivity contribution in [1.29, 1.82) is 0 Å². The average molecular weight is 250 g/mol. The van der Waals surface area contributed by atoms with Crippen LogP contribution in [0.4, 0.5) is 5.69 Å². The summed E-state index contributed by atoms with van der Waals surface area (Å²) in [6.45, 7) is 6.93. The topological polar surface area (TPSA) is 24.5 Å². The summed E-state index contributed by atoms with van der Waals surface area (Å²) in [5.41, 5.74) is 1.29. The van der Waals surface area contributed by atoms with Crippen molar-refractivity contribution in [3.8, 4) is 0 Å². The molecule has 0 unspecified atom stereocenters. The van der Waals surface area contributed by atoms with Crippen LogP contribution in [-0.4, -0.2) is 39.9 Å². The van der Waals surface area contributed by atoms with E-state index in [9.17, 15) is 0 Å². The molecule has 0 aliphatic heterocycles. The molecule has 102 valence electrons. The van der Waals surface area contributed by atoms with Crippen molar-refractivity contribution in [2.75, 3.05) is 44.8 Å². The molecule has 0 atom stereocenters. The summed E-state index contributed by atoms with van der Waals surface area (Å²) in [6, 6.07) is 10.5. The highest BCUT2D eigenvalue weighted by molar-refractivity contribution is 5.44. The van der Waals surface area contributed by atoms with Crippen molar-refractivity contribution in [1.82, 2.24) is 5.32 Å². The molecule has 0 amide bonds. The quantitative estimate of drug-likeness (QED) is 0.646. The third kappa shape index (κ3) is 6.62. The highest BCUT2D eigenvalue weighted by Crippen LogP contribution is 2.10. The van der Waals surface area contributed by atoms with Gasteiger partial charge in [-0.15, -0.1) is 0 Å². The molecule has 0 saturated heterocycles. The number of nitrogens with zero attached hydrogens (tertiary/aromatic N) is 1. The lowest BCUT2D eigenvalue weighted by atomic mass is 10.3. The van der Waals surface area contributed by atoms with E-state index in [0.717, 1.165) is 39.3 Å². The zero-order valence-corrected chi connectivity index (χ0v) is 11.7. The SMILES string of the molecule is CCOCCCNCCCN(C)c1ccccc1. The average Bonchev–Trinajstić information content (AvgIpc) is 2.42. The van der Waals surface area contributed by atoms with Gasteiger partial charge in [0.15, 0.2) is 0 Å². The zero-order chi connectivity index (χ0) is 13.1. The summed E-state index contributed by atoms with van der Waals surface area (Å²) >= 11 is 0. The van der Waals surface area contributed by atoms with E-state index in [4.69, 9.17) is 4.74 Å². The number of ether oxygens (including phenoxy) is 1. The van der Waals surface area contributed by atoms with Crippen molar-refractivity contribution < 1.29 is 4.74 Å². The van der Waals surface area contributed by atoms with Crippen molar-refractivity contribution in [3.63, 3.8) is 0 Å². The lowest BCUT2D eigenvalue weighted by molar-refractivity contribution is 0.145. The molecule has 0 aliphatic rings. The predicted octanol–water partition coefficient (Wildman–Crippen LogP) is 2.53. The van der Waals surface area contributed by atoms with Crippen LogP contribution in [0.2, 0.25) is 0 Å². The van der Waals surface area contributed by atoms with E-state index in [1.54, 1.807) is 0 Å². The van der Waals surface area contributed by atoms with Gasteiger partial charge in [-0.2, -0.15) is 0 Å². The Balaban J connectivity index is 1.98. The van der Waals surface area contributed by atoms with Gasteiger partial charge in [0.25, 0.3) is 0 Å². The minimum atomic E-state index is 0.821. The van der Waals surface area contributed by atoms with Gasteiger partial charge in [-0.05, 0) is 45.0 Å². The second-order valence-electron chi connectivity index (χ2n) is 4.41. The maximum atomic E-state index is 5.29. The number of benzene rings is 1. The molecule has 0 saturated carbocycles. The highest BCUT2D eigenvalue weighted by atomic mass is 16.5. The van der Waals surface area contributed by atoms with E-state index in [0.29, 0.717) is 0 Å². The van der Waals surface area contributed by atoms with Crippen LogP contribution in [0, 0.1) is 0 Å². The van der Waals surface area contributed by atoms with Crippen LogP contribution in [0.15, 0.2) is 30.3 Å². The third-order valence-electron chi connectivity index (χ3n) is 2.89. The van der Waals surface area contributed by atoms with E-state index in [-0.39, 0.29) is 0 Å². The van der Waals surface area contributed by atoms with E-state index >= 15 is 0 Å². The summed E-state index contributed by atoms with van der Waals surface area (Å²) in [5.74, 6) is 0. The van der Waals surface area contributed by atoms with Crippen LogP contribution in [-0.2, 0) is 4.74 Å². The molecule has 1 rings (SSSR count). The molecule has 1 aromatic carbocycles. The molecule has 18 heavy (non-hydrogen) atoms. The van der Waals surface area contributed by atoms with E-state index in [1.807, 2.05) is 6.92 Å². The van der Waals surface area contributed by atoms with Crippen LogP contribution in [0.5, 0.6) is 0 Å². The fraction of sp³-hybridized carbons (Fsp3) is 0.600. The Morgan fingerprint density at radius 2 is 1.83 bits per heavy atom.